The van der Waals surface area contributed by atoms with Crippen LogP contribution in [-0.4, -0.2) is 27.6 Å². The van der Waals surface area contributed by atoms with Crippen molar-refractivity contribution in [3.8, 4) is 0 Å². The van der Waals surface area contributed by atoms with Crippen LogP contribution in [0.15, 0.2) is 48.7 Å². The Bertz CT molecular complexity index is 855. The zero-order valence-electron chi connectivity index (χ0n) is 13.9. The van der Waals surface area contributed by atoms with Crippen LogP contribution >= 0.6 is 11.6 Å². The minimum absolute atomic E-state index is 0.0992. The number of rotatable bonds is 5. The van der Waals surface area contributed by atoms with Crippen LogP contribution in [0.4, 0.5) is 0 Å². The van der Waals surface area contributed by atoms with Crippen molar-refractivity contribution in [2.24, 2.45) is 0 Å². The first-order chi connectivity index (χ1) is 11.5. The molecule has 4 nitrogen and oxygen atoms in total. The topological polar surface area (TPSA) is 38.1 Å². The SMILES string of the molecule is Cc1cccc2cnn(CCC(=O)N(C)Cc3ccc(Cl)cc3)c12. The molecular weight excluding hydrogens is 322 g/mol. The third kappa shape index (κ3) is 3.60. The lowest BCUT2D eigenvalue weighted by Crippen LogP contribution is -2.27. The molecule has 3 rings (SSSR count). The normalized spacial score (nSPS) is 11.0. The number of benzene rings is 2. The van der Waals surface area contributed by atoms with Crippen molar-refractivity contribution < 1.29 is 4.79 Å². The lowest BCUT2D eigenvalue weighted by Gasteiger charge is -2.17. The molecule has 0 spiro atoms. The summed E-state index contributed by atoms with van der Waals surface area (Å²) in [6.07, 6.45) is 2.28. The smallest absolute Gasteiger partial charge is 0.224 e. The van der Waals surface area contributed by atoms with E-state index in [1.54, 1.807) is 4.90 Å². The van der Waals surface area contributed by atoms with Gasteiger partial charge in [0.05, 0.1) is 18.3 Å². The molecule has 0 saturated heterocycles. The highest BCUT2D eigenvalue weighted by atomic mass is 35.5. The second kappa shape index (κ2) is 7.05. The number of hydrogen-bond donors (Lipinski definition) is 0. The van der Waals surface area contributed by atoms with E-state index in [9.17, 15) is 4.79 Å². The fourth-order valence-electron chi connectivity index (χ4n) is 2.84. The van der Waals surface area contributed by atoms with Crippen molar-refractivity contribution in [2.75, 3.05) is 7.05 Å². The molecule has 1 heterocycles. The Labute approximate surface area is 146 Å². The van der Waals surface area contributed by atoms with Gasteiger partial charge in [0.25, 0.3) is 0 Å². The van der Waals surface area contributed by atoms with Gasteiger partial charge in [0, 0.05) is 30.4 Å². The van der Waals surface area contributed by atoms with Crippen molar-refractivity contribution in [1.29, 1.82) is 0 Å². The molecule has 0 bridgehead atoms. The number of amides is 1. The summed E-state index contributed by atoms with van der Waals surface area (Å²) in [6, 6.07) is 13.7. The van der Waals surface area contributed by atoms with Gasteiger partial charge in [-0.25, -0.2) is 0 Å². The first-order valence-corrected chi connectivity index (χ1v) is 8.32. The molecule has 0 radical (unpaired) electrons. The van der Waals surface area contributed by atoms with Gasteiger partial charge in [-0.3, -0.25) is 9.48 Å². The van der Waals surface area contributed by atoms with Crippen molar-refractivity contribution >= 4 is 28.4 Å². The van der Waals surface area contributed by atoms with Crippen LogP contribution in [0, 0.1) is 6.92 Å². The Kier molecular flexibility index (Phi) is 4.86. The molecule has 1 amide bonds. The summed E-state index contributed by atoms with van der Waals surface area (Å²) in [4.78, 5) is 14.1. The van der Waals surface area contributed by atoms with Gasteiger partial charge in [-0.15, -0.1) is 0 Å². The van der Waals surface area contributed by atoms with Crippen molar-refractivity contribution in [1.82, 2.24) is 14.7 Å². The molecule has 0 atom stereocenters. The van der Waals surface area contributed by atoms with Crippen molar-refractivity contribution in [3.05, 3.63) is 64.8 Å². The second-order valence-electron chi connectivity index (χ2n) is 6.01. The molecule has 3 aromatic rings. The number of carbonyl (C=O) groups is 1. The first kappa shape index (κ1) is 16.5. The van der Waals surface area contributed by atoms with E-state index in [0.717, 1.165) is 16.5 Å². The highest BCUT2D eigenvalue weighted by Crippen LogP contribution is 2.18. The molecule has 0 unspecified atom stereocenters. The predicted molar refractivity (Wildman–Crippen MR) is 97.0 cm³/mol. The van der Waals surface area contributed by atoms with E-state index in [1.165, 1.54) is 5.56 Å². The Morgan fingerprint density at radius 1 is 1.21 bits per heavy atom. The van der Waals surface area contributed by atoms with Crippen LogP contribution in [-0.2, 0) is 17.9 Å². The summed E-state index contributed by atoms with van der Waals surface area (Å²) in [5, 5.41) is 6.22. The fraction of sp³-hybridized carbons (Fsp3) is 0.263. The van der Waals surface area contributed by atoms with Crippen LogP contribution in [0.1, 0.15) is 17.5 Å². The lowest BCUT2D eigenvalue weighted by atomic mass is 10.2. The largest absolute Gasteiger partial charge is 0.341 e. The molecule has 0 aliphatic heterocycles. The molecule has 0 fully saturated rings. The highest BCUT2D eigenvalue weighted by molar-refractivity contribution is 6.30. The molecule has 0 saturated carbocycles. The van der Waals surface area contributed by atoms with E-state index in [4.69, 9.17) is 11.6 Å². The molecule has 2 aromatic carbocycles. The number of para-hydroxylation sites is 1. The van der Waals surface area contributed by atoms with E-state index in [-0.39, 0.29) is 5.91 Å². The Morgan fingerprint density at radius 2 is 1.96 bits per heavy atom. The van der Waals surface area contributed by atoms with Crippen LogP contribution in [0.5, 0.6) is 0 Å². The molecule has 0 aliphatic carbocycles. The maximum absolute atomic E-state index is 12.4. The molecule has 124 valence electrons. The Balaban J connectivity index is 1.63. The summed E-state index contributed by atoms with van der Waals surface area (Å²) in [5.41, 5.74) is 3.34. The van der Waals surface area contributed by atoms with Crippen molar-refractivity contribution in [2.45, 2.75) is 26.4 Å². The number of aromatic nitrogens is 2. The zero-order chi connectivity index (χ0) is 17.1. The maximum Gasteiger partial charge on any atom is 0.224 e. The lowest BCUT2D eigenvalue weighted by molar-refractivity contribution is -0.130. The fourth-order valence-corrected chi connectivity index (χ4v) is 2.97. The number of hydrogen-bond acceptors (Lipinski definition) is 2. The molecule has 24 heavy (non-hydrogen) atoms. The van der Waals surface area contributed by atoms with Gasteiger partial charge in [-0.05, 0) is 30.2 Å². The number of carbonyl (C=O) groups excluding carboxylic acids is 1. The maximum atomic E-state index is 12.4. The average Bonchev–Trinajstić information content (AvgIpc) is 2.99. The quantitative estimate of drug-likeness (QED) is 0.702. The van der Waals surface area contributed by atoms with Crippen LogP contribution in [0.3, 0.4) is 0 Å². The Hall–Kier alpha value is -2.33. The van der Waals surface area contributed by atoms with Gasteiger partial charge in [0.15, 0.2) is 0 Å². The summed E-state index contributed by atoms with van der Waals surface area (Å²) >= 11 is 5.89. The van der Waals surface area contributed by atoms with E-state index >= 15 is 0 Å². The second-order valence-corrected chi connectivity index (χ2v) is 6.44. The molecule has 5 heteroatoms. The standard InChI is InChI=1S/C19H20ClN3O/c1-14-4-3-5-16-12-21-23(19(14)16)11-10-18(24)22(2)13-15-6-8-17(20)9-7-15/h3-9,12H,10-11,13H2,1-2H3. The van der Waals surface area contributed by atoms with Gasteiger partial charge in [-0.2, -0.15) is 5.10 Å². The van der Waals surface area contributed by atoms with Crippen LogP contribution < -0.4 is 0 Å². The van der Waals surface area contributed by atoms with E-state index in [2.05, 4.69) is 18.1 Å². The zero-order valence-corrected chi connectivity index (χ0v) is 14.6. The van der Waals surface area contributed by atoms with Gasteiger partial charge >= 0.3 is 0 Å². The van der Waals surface area contributed by atoms with Gasteiger partial charge < -0.3 is 4.90 Å². The van der Waals surface area contributed by atoms with E-state index < -0.39 is 0 Å². The van der Waals surface area contributed by atoms with Crippen molar-refractivity contribution in [3.63, 3.8) is 0 Å². The van der Waals surface area contributed by atoms with E-state index in [1.807, 2.05) is 54.3 Å². The molecular formula is C19H20ClN3O. The van der Waals surface area contributed by atoms with Gasteiger partial charge in [0.2, 0.25) is 5.91 Å². The monoisotopic (exact) mass is 341 g/mol. The third-order valence-corrected chi connectivity index (χ3v) is 4.41. The number of aryl methyl sites for hydroxylation is 2. The summed E-state index contributed by atoms with van der Waals surface area (Å²) < 4.78 is 1.92. The predicted octanol–water partition coefficient (Wildman–Crippen LogP) is 4.05. The number of fused-ring (bicyclic) bond motifs is 1. The van der Waals surface area contributed by atoms with Crippen LogP contribution in [0.25, 0.3) is 10.9 Å². The highest BCUT2D eigenvalue weighted by Gasteiger charge is 2.11. The average molecular weight is 342 g/mol. The summed E-state index contributed by atoms with van der Waals surface area (Å²) in [6.45, 7) is 3.22. The Morgan fingerprint density at radius 3 is 2.71 bits per heavy atom. The molecule has 1 aromatic heterocycles. The van der Waals surface area contributed by atoms with Gasteiger partial charge in [0.1, 0.15) is 0 Å². The minimum atomic E-state index is 0.0992. The number of nitrogens with zero attached hydrogens (tertiary/aromatic N) is 3. The molecule has 0 N–H and O–H groups in total. The molecule has 0 aliphatic rings. The van der Waals surface area contributed by atoms with E-state index in [0.29, 0.717) is 24.5 Å². The third-order valence-electron chi connectivity index (χ3n) is 4.16. The number of halogens is 1. The van der Waals surface area contributed by atoms with Gasteiger partial charge in [-0.1, -0.05) is 41.9 Å². The van der Waals surface area contributed by atoms with Crippen LogP contribution in [0.2, 0.25) is 5.02 Å². The minimum Gasteiger partial charge on any atom is -0.341 e. The summed E-state index contributed by atoms with van der Waals surface area (Å²) in [5.74, 6) is 0.0992. The first-order valence-electron chi connectivity index (χ1n) is 7.94. The summed E-state index contributed by atoms with van der Waals surface area (Å²) in [7, 11) is 1.82.